The molecular weight excluding hydrogens is 352 g/mol. The number of benzene rings is 2. The van der Waals surface area contributed by atoms with Gasteiger partial charge in [-0.25, -0.2) is 4.98 Å². The van der Waals surface area contributed by atoms with Crippen LogP contribution in [0.4, 0.5) is 5.82 Å². The number of rotatable bonds is 4. The molecule has 0 unspecified atom stereocenters. The highest BCUT2D eigenvalue weighted by molar-refractivity contribution is 6.04. The van der Waals surface area contributed by atoms with Gasteiger partial charge in [-0.3, -0.25) is 4.79 Å². The summed E-state index contributed by atoms with van der Waals surface area (Å²) in [5.41, 5.74) is 4.14. The van der Waals surface area contributed by atoms with Crippen molar-refractivity contribution in [2.24, 2.45) is 0 Å². The number of pyridine rings is 1. The summed E-state index contributed by atoms with van der Waals surface area (Å²) in [5, 5.41) is 11.1. The number of hydrogen-bond acceptors (Lipinski definition) is 5. The minimum atomic E-state index is -0.223. The molecule has 0 aliphatic carbocycles. The van der Waals surface area contributed by atoms with Crippen LogP contribution < -0.4 is 5.32 Å². The van der Waals surface area contributed by atoms with Gasteiger partial charge in [0.25, 0.3) is 5.91 Å². The Labute approximate surface area is 162 Å². The molecule has 0 saturated heterocycles. The highest BCUT2D eigenvalue weighted by atomic mass is 16.4. The standard InChI is InChI=1S/C22H18N4O2/c1-14-6-3-4-8-18(14)22-26-25-21(28-22)17-11-9-16(10-12-17)20(27)24-19-15(2)7-5-13-23-19/h3-13H,1-2H3,(H,23,24,27). The van der Waals surface area contributed by atoms with E-state index < -0.39 is 0 Å². The minimum Gasteiger partial charge on any atom is -0.416 e. The topological polar surface area (TPSA) is 80.9 Å². The van der Waals surface area contributed by atoms with Gasteiger partial charge in [-0.1, -0.05) is 24.3 Å². The average molecular weight is 370 g/mol. The molecule has 0 aliphatic heterocycles. The van der Waals surface area contributed by atoms with Crippen LogP contribution in [0.2, 0.25) is 0 Å². The average Bonchev–Trinajstić information content (AvgIpc) is 3.20. The first-order valence-electron chi connectivity index (χ1n) is 8.85. The van der Waals surface area contributed by atoms with Gasteiger partial charge in [0.1, 0.15) is 5.82 Å². The first kappa shape index (κ1) is 17.6. The molecule has 0 atom stereocenters. The lowest BCUT2D eigenvalue weighted by atomic mass is 10.1. The Hall–Kier alpha value is -3.80. The lowest BCUT2D eigenvalue weighted by molar-refractivity contribution is 0.102. The van der Waals surface area contributed by atoms with Crippen LogP contribution in [0.5, 0.6) is 0 Å². The zero-order valence-corrected chi connectivity index (χ0v) is 15.5. The molecular formula is C22H18N4O2. The van der Waals surface area contributed by atoms with Crippen LogP contribution in [0.25, 0.3) is 22.9 Å². The Bertz CT molecular complexity index is 1130. The van der Waals surface area contributed by atoms with Crippen LogP contribution in [0.1, 0.15) is 21.5 Å². The van der Waals surface area contributed by atoms with Crippen molar-refractivity contribution in [1.82, 2.24) is 15.2 Å². The van der Waals surface area contributed by atoms with Crippen LogP contribution in [0.3, 0.4) is 0 Å². The van der Waals surface area contributed by atoms with Crippen molar-refractivity contribution >= 4 is 11.7 Å². The third-order valence-corrected chi connectivity index (χ3v) is 4.44. The number of anilines is 1. The normalized spacial score (nSPS) is 10.6. The molecule has 1 amide bonds. The molecule has 0 aliphatic rings. The second-order valence-corrected chi connectivity index (χ2v) is 6.43. The maximum Gasteiger partial charge on any atom is 0.256 e. The first-order chi connectivity index (χ1) is 13.6. The van der Waals surface area contributed by atoms with Crippen LogP contribution in [-0.2, 0) is 0 Å². The Balaban J connectivity index is 1.53. The number of nitrogens with one attached hydrogen (secondary N) is 1. The number of hydrogen-bond donors (Lipinski definition) is 1. The van der Waals surface area contributed by atoms with Crippen molar-refractivity contribution in [3.05, 3.63) is 83.6 Å². The molecule has 1 N–H and O–H groups in total. The van der Waals surface area contributed by atoms with Crippen molar-refractivity contribution in [2.75, 3.05) is 5.32 Å². The molecule has 0 saturated carbocycles. The Morgan fingerprint density at radius 1 is 0.857 bits per heavy atom. The van der Waals surface area contributed by atoms with Crippen molar-refractivity contribution < 1.29 is 9.21 Å². The number of nitrogens with zero attached hydrogens (tertiary/aromatic N) is 3. The van der Waals surface area contributed by atoms with Crippen LogP contribution in [0, 0.1) is 13.8 Å². The Morgan fingerprint density at radius 3 is 2.32 bits per heavy atom. The van der Waals surface area contributed by atoms with Gasteiger partial charge >= 0.3 is 0 Å². The fourth-order valence-corrected chi connectivity index (χ4v) is 2.82. The number of carbonyl (C=O) groups is 1. The van der Waals surface area contributed by atoms with Gasteiger partial charge in [0.15, 0.2) is 0 Å². The quantitative estimate of drug-likeness (QED) is 0.565. The monoisotopic (exact) mass is 370 g/mol. The van der Waals surface area contributed by atoms with E-state index in [0.717, 1.165) is 22.3 Å². The summed E-state index contributed by atoms with van der Waals surface area (Å²) < 4.78 is 5.82. The van der Waals surface area contributed by atoms with E-state index in [1.165, 1.54) is 0 Å². The van der Waals surface area contributed by atoms with Gasteiger partial charge in [-0.05, 0) is 61.4 Å². The molecule has 4 rings (SSSR count). The molecule has 0 radical (unpaired) electrons. The maximum atomic E-state index is 12.4. The fourth-order valence-electron chi connectivity index (χ4n) is 2.82. The zero-order chi connectivity index (χ0) is 19.5. The van der Waals surface area contributed by atoms with E-state index >= 15 is 0 Å². The third kappa shape index (κ3) is 3.53. The second kappa shape index (κ2) is 7.44. The number of aromatic nitrogens is 3. The van der Waals surface area contributed by atoms with Crippen molar-refractivity contribution in [2.45, 2.75) is 13.8 Å². The Morgan fingerprint density at radius 2 is 1.57 bits per heavy atom. The van der Waals surface area contributed by atoms with Crippen LogP contribution in [0.15, 0.2) is 71.3 Å². The van der Waals surface area contributed by atoms with Crippen LogP contribution in [-0.4, -0.2) is 21.1 Å². The van der Waals surface area contributed by atoms with Crippen molar-refractivity contribution in [3.63, 3.8) is 0 Å². The minimum absolute atomic E-state index is 0.223. The molecule has 0 spiro atoms. The zero-order valence-electron chi connectivity index (χ0n) is 15.5. The van der Waals surface area contributed by atoms with Gasteiger partial charge in [-0.15, -0.1) is 10.2 Å². The van der Waals surface area contributed by atoms with Gasteiger partial charge < -0.3 is 9.73 Å². The lowest BCUT2D eigenvalue weighted by Crippen LogP contribution is -2.13. The summed E-state index contributed by atoms with van der Waals surface area (Å²) >= 11 is 0. The molecule has 138 valence electrons. The highest BCUT2D eigenvalue weighted by Crippen LogP contribution is 2.26. The molecule has 0 bridgehead atoms. The van der Waals surface area contributed by atoms with E-state index in [1.54, 1.807) is 30.5 Å². The maximum absolute atomic E-state index is 12.4. The van der Waals surface area contributed by atoms with E-state index in [-0.39, 0.29) is 5.91 Å². The predicted molar refractivity (Wildman–Crippen MR) is 107 cm³/mol. The molecule has 4 aromatic rings. The van der Waals surface area contributed by atoms with Crippen LogP contribution >= 0.6 is 0 Å². The van der Waals surface area contributed by atoms with Gasteiger partial charge in [0, 0.05) is 22.9 Å². The smallest absolute Gasteiger partial charge is 0.256 e. The summed E-state index contributed by atoms with van der Waals surface area (Å²) in [6.45, 7) is 3.89. The Kier molecular flexibility index (Phi) is 4.68. The van der Waals surface area contributed by atoms with Gasteiger partial charge in [0.2, 0.25) is 11.8 Å². The second-order valence-electron chi connectivity index (χ2n) is 6.43. The van der Waals surface area contributed by atoms with Crippen molar-refractivity contribution in [3.8, 4) is 22.9 Å². The predicted octanol–water partition coefficient (Wildman–Crippen LogP) is 4.67. The summed E-state index contributed by atoms with van der Waals surface area (Å²) in [7, 11) is 0. The van der Waals surface area contributed by atoms with E-state index in [9.17, 15) is 4.79 Å². The van der Waals surface area contributed by atoms with Crippen molar-refractivity contribution in [1.29, 1.82) is 0 Å². The molecule has 2 aromatic heterocycles. The summed E-state index contributed by atoms with van der Waals surface area (Å²) in [5.74, 6) is 1.21. The molecule has 6 heteroatoms. The van der Waals surface area contributed by atoms with Gasteiger partial charge in [0.05, 0.1) is 0 Å². The lowest BCUT2D eigenvalue weighted by Gasteiger charge is -2.07. The highest BCUT2D eigenvalue weighted by Gasteiger charge is 2.13. The fraction of sp³-hybridized carbons (Fsp3) is 0.0909. The molecule has 28 heavy (non-hydrogen) atoms. The van der Waals surface area contributed by atoms with Gasteiger partial charge in [-0.2, -0.15) is 0 Å². The first-order valence-corrected chi connectivity index (χ1v) is 8.85. The molecule has 6 nitrogen and oxygen atoms in total. The van der Waals surface area contributed by atoms with E-state index in [4.69, 9.17) is 4.42 Å². The summed E-state index contributed by atoms with van der Waals surface area (Å²) in [6, 6.07) is 18.6. The molecule has 2 aromatic carbocycles. The number of amides is 1. The van der Waals surface area contributed by atoms with E-state index in [2.05, 4.69) is 20.5 Å². The number of aryl methyl sites for hydroxylation is 2. The summed E-state index contributed by atoms with van der Waals surface area (Å²) in [4.78, 5) is 16.6. The SMILES string of the molecule is Cc1ccccc1-c1nnc(-c2ccc(C(=O)Nc3ncccc3C)cc2)o1. The molecule has 2 heterocycles. The van der Waals surface area contributed by atoms with E-state index in [1.807, 2.05) is 50.2 Å². The molecule has 0 fully saturated rings. The third-order valence-electron chi connectivity index (χ3n) is 4.44. The van der Waals surface area contributed by atoms with E-state index in [0.29, 0.717) is 23.2 Å². The summed E-state index contributed by atoms with van der Waals surface area (Å²) in [6.07, 6.45) is 1.65. The number of carbonyl (C=O) groups excluding carboxylic acids is 1. The largest absolute Gasteiger partial charge is 0.416 e.